The highest BCUT2D eigenvalue weighted by atomic mass is 16.5. The number of carbonyl (C=O) groups is 1. The highest BCUT2D eigenvalue weighted by Crippen LogP contribution is 2.25. The summed E-state index contributed by atoms with van der Waals surface area (Å²) in [6, 6.07) is 2.01. The third kappa shape index (κ3) is 2.64. The molecule has 1 aromatic heterocycles. The third-order valence-electron chi connectivity index (χ3n) is 3.67. The molecule has 1 aliphatic heterocycles. The lowest BCUT2D eigenvalue weighted by molar-refractivity contribution is -0.124. The van der Waals surface area contributed by atoms with Gasteiger partial charge in [0.25, 0.3) is 0 Å². The maximum Gasteiger partial charge on any atom is 0.144 e. The van der Waals surface area contributed by atoms with Crippen molar-refractivity contribution in [2.75, 3.05) is 6.61 Å². The molecule has 0 bridgehead atoms. The van der Waals surface area contributed by atoms with Crippen molar-refractivity contribution in [2.24, 2.45) is 5.92 Å². The monoisotopic (exact) mass is 250 g/mol. The first-order valence-corrected chi connectivity index (χ1v) is 6.83. The van der Waals surface area contributed by atoms with Crippen LogP contribution in [0.4, 0.5) is 0 Å². The van der Waals surface area contributed by atoms with Gasteiger partial charge in [0.1, 0.15) is 5.78 Å². The van der Waals surface area contributed by atoms with Crippen LogP contribution in [0.1, 0.15) is 38.1 Å². The van der Waals surface area contributed by atoms with Gasteiger partial charge < -0.3 is 4.74 Å². The largest absolute Gasteiger partial charge is 0.377 e. The van der Waals surface area contributed by atoms with Crippen molar-refractivity contribution in [3.8, 4) is 0 Å². The zero-order valence-electron chi connectivity index (χ0n) is 11.5. The quantitative estimate of drug-likeness (QED) is 0.804. The van der Waals surface area contributed by atoms with Crippen molar-refractivity contribution in [1.82, 2.24) is 9.78 Å². The number of Topliss-reactive ketones (excluding diaryl/α,β-unsaturated/α-hetero) is 1. The van der Waals surface area contributed by atoms with Crippen molar-refractivity contribution < 1.29 is 9.53 Å². The lowest BCUT2D eigenvalue weighted by atomic mass is 9.92. The normalized spacial score (nSPS) is 23.5. The van der Waals surface area contributed by atoms with E-state index in [2.05, 4.69) is 12.0 Å². The molecule has 0 aromatic carbocycles. The molecule has 1 saturated heterocycles. The Kier molecular flexibility index (Phi) is 4.17. The molecule has 1 fully saturated rings. The average Bonchev–Trinajstić information content (AvgIpc) is 2.95. The molecular weight excluding hydrogens is 228 g/mol. The van der Waals surface area contributed by atoms with Crippen molar-refractivity contribution in [1.29, 1.82) is 0 Å². The van der Waals surface area contributed by atoms with Gasteiger partial charge in [-0.2, -0.15) is 5.10 Å². The standard InChI is InChI=1S/C14H22N2O2/c1-4-14-12(6-7-18-14)13(17)9-11-8-10(3)15-16(11)5-2/h8,12,14H,4-7,9H2,1-3H3. The Bertz CT molecular complexity index is 425. The van der Waals surface area contributed by atoms with Gasteiger partial charge in [-0.25, -0.2) is 0 Å². The molecule has 4 nitrogen and oxygen atoms in total. The summed E-state index contributed by atoms with van der Waals surface area (Å²) in [6.45, 7) is 7.63. The van der Waals surface area contributed by atoms with Gasteiger partial charge in [-0.15, -0.1) is 0 Å². The smallest absolute Gasteiger partial charge is 0.144 e. The summed E-state index contributed by atoms with van der Waals surface area (Å²) in [5, 5.41) is 4.38. The van der Waals surface area contributed by atoms with Crippen LogP contribution in [0.25, 0.3) is 0 Å². The van der Waals surface area contributed by atoms with E-state index in [-0.39, 0.29) is 12.0 Å². The summed E-state index contributed by atoms with van der Waals surface area (Å²) in [5.41, 5.74) is 2.01. The molecule has 0 saturated carbocycles. The Labute approximate surface area is 108 Å². The molecule has 1 aromatic rings. The Balaban J connectivity index is 2.06. The number of ketones is 1. The van der Waals surface area contributed by atoms with Crippen molar-refractivity contribution in [3.05, 3.63) is 17.5 Å². The first-order valence-electron chi connectivity index (χ1n) is 6.83. The van der Waals surface area contributed by atoms with Gasteiger partial charge in [-0.05, 0) is 32.8 Å². The van der Waals surface area contributed by atoms with Gasteiger partial charge in [0.15, 0.2) is 0 Å². The molecule has 100 valence electrons. The minimum Gasteiger partial charge on any atom is -0.377 e. The first-order chi connectivity index (χ1) is 8.65. The maximum atomic E-state index is 12.3. The molecule has 2 atom stereocenters. The molecule has 2 rings (SSSR count). The Morgan fingerprint density at radius 2 is 2.33 bits per heavy atom. The number of carbonyl (C=O) groups excluding carboxylic acids is 1. The van der Waals surface area contributed by atoms with Crippen LogP contribution in [0.15, 0.2) is 6.07 Å². The molecule has 2 heterocycles. The van der Waals surface area contributed by atoms with E-state index < -0.39 is 0 Å². The van der Waals surface area contributed by atoms with Gasteiger partial charge in [-0.1, -0.05) is 6.92 Å². The van der Waals surface area contributed by atoms with Crippen molar-refractivity contribution >= 4 is 5.78 Å². The van der Waals surface area contributed by atoms with E-state index >= 15 is 0 Å². The molecule has 0 aliphatic carbocycles. The summed E-state index contributed by atoms with van der Waals surface area (Å²) in [5.74, 6) is 0.379. The van der Waals surface area contributed by atoms with Crippen molar-refractivity contribution in [3.63, 3.8) is 0 Å². The topological polar surface area (TPSA) is 44.1 Å². The van der Waals surface area contributed by atoms with Crippen LogP contribution in [0, 0.1) is 12.8 Å². The van der Waals surface area contributed by atoms with Crippen LogP contribution >= 0.6 is 0 Å². The van der Waals surface area contributed by atoms with E-state index in [9.17, 15) is 4.79 Å². The van der Waals surface area contributed by atoms with Crippen LogP contribution in [-0.4, -0.2) is 28.3 Å². The lowest BCUT2D eigenvalue weighted by Crippen LogP contribution is -2.26. The number of hydrogen-bond acceptors (Lipinski definition) is 3. The SMILES string of the molecule is CCC1OCCC1C(=O)Cc1cc(C)nn1CC. The zero-order chi connectivity index (χ0) is 13.1. The minimum absolute atomic E-state index is 0.0792. The maximum absolute atomic E-state index is 12.3. The first kappa shape index (κ1) is 13.3. The number of rotatable bonds is 5. The number of ether oxygens (including phenoxy) is 1. The second-order valence-electron chi connectivity index (χ2n) is 4.95. The summed E-state index contributed by atoms with van der Waals surface area (Å²) in [6.07, 6.45) is 2.40. The average molecular weight is 250 g/mol. The second-order valence-corrected chi connectivity index (χ2v) is 4.95. The number of nitrogens with zero attached hydrogens (tertiary/aromatic N) is 2. The van der Waals surface area contributed by atoms with E-state index in [0.717, 1.165) is 37.4 Å². The van der Waals surface area contributed by atoms with E-state index in [0.29, 0.717) is 12.2 Å². The molecule has 18 heavy (non-hydrogen) atoms. The van der Waals surface area contributed by atoms with Crippen LogP contribution in [0.5, 0.6) is 0 Å². The van der Waals surface area contributed by atoms with Crippen LogP contribution in [0.2, 0.25) is 0 Å². The van der Waals surface area contributed by atoms with Crippen LogP contribution < -0.4 is 0 Å². The highest BCUT2D eigenvalue weighted by Gasteiger charge is 2.32. The van der Waals surface area contributed by atoms with Crippen LogP contribution in [0.3, 0.4) is 0 Å². The molecule has 0 radical (unpaired) electrons. The van der Waals surface area contributed by atoms with E-state index in [4.69, 9.17) is 4.74 Å². The van der Waals surface area contributed by atoms with Crippen LogP contribution in [-0.2, 0) is 22.5 Å². The third-order valence-corrected chi connectivity index (χ3v) is 3.67. The van der Waals surface area contributed by atoms with Gasteiger partial charge in [-0.3, -0.25) is 9.48 Å². The fourth-order valence-corrected chi connectivity index (χ4v) is 2.74. The van der Waals surface area contributed by atoms with Gasteiger partial charge in [0.05, 0.1) is 11.8 Å². The Morgan fingerprint density at radius 3 is 3.00 bits per heavy atom. The molecule has 0 spiro atoms. The van der Waals surface area contributed by atoms with Gasteiger partial charge in [0, 0.05) is 31.2 Å². The Morgan fingerprint density at radius 1 is 1.56 bits per heavy atom. The fraction of sp³-hybridized carbons (Fsp3) is 0.714. The summed E-state index contributed by atoms with van der Waals surface area (Å²) in [4.78, 5) is 12.3. The Hall–Kier alpha value is -1.16. The molecule has 4 heteroatoms. The predicted octanol–water partition coefficient (Wildman–Crippen LogP) is 2.14. The zero-order valence-corrected chi connectivity index (χ0v) is 11.5. The molecule has 0 N–H and O–H groups in total. The molecule has 2 unspecified atom stereocenters. The minimum atomic E-state index is 0.0792. The number of aromatic nitrogens is 2. The molecule has 0 amide bonds. The van der Waals surface area contributed by atoms with E-state index in [1.165, 1.54) is 0 Å². The highest BCUT2D eigenvalue weighted by molar-refractivity contribution is 5.83. The van der Waals surface area contributed by atoms with Gasteiger partial charge >= 0.3 is 0 Å². The number of aryl methyl sites for hydroxylation is 2. The van der Waals surface area contributed by atoms with E-state index in [1.807, 2.05) is 24.6 Å². The van der Waals surface area contributed by atoms with Gasteiger partial charge in [0.2, 0.25) is 0 Å². The summed E-state index contributed by atoms with van der Waals surface area (Å²) in [7, 11) is 0. The molecule has 1 aliphatic rings. The predicted molar refractivity (Wildman–Crippen MR) is 69.5 cm³/mol. The summed E-state index contributed by atoms with van der Waals surface area (Å²) >= 11 is 0. The lowest BCUT2D eigenvalue weighted by Gasteiger charge is -2.15. The number of hydrogen-bond donors (Lipinski definition) is 0. The molecular formula is C14H22N2O2. The van der Waals surface area contributed by atoms with E-state index in [1.54, 1.807) is 0 Å². The summed E-state index contributed by atoms with van der Waals surface area (Å²) < 4.78 is 7.51. The second kappa shape index (κ2) is 5.65. The fourth-order valence-electron chi connectivity index (χ4n) is 2.74. The van der Waals surface area contributed by atoms with Crippen molar-refractivity contribution in [2.45, 2.75) is 52.7 Å².